The number of carbonyl (C=O) groups is 1. The van der Waals surface area contributed by atoms with Crippen LogP contribution in [0.5, 0.6) is 0 Å². The molecule has 0 spiro atoms. The predicted molar refractivity (Wildman–Crippen MR) is 67.1 cm³/mol. The fourth-order valence-electron chi connectivity index (χ4n) is 1.38. The molecule has 0 atom stereocenters. The van der Waals surface area contributed by atoms with Crippen molar-refractivity contribution in [3.8, 4) is 0 Å². The lowest BCUT2D eigenvalue weighted by Gasteiger charge is -2.08. The van der Waals surface area contributed by atoms with Crippen LogP contribution in [0.25, 0.3) is 6.08 Å². The largest absolute Gasteiger partial charge is 0.465 e. The van der Waals surface area contributed by atoms with E-state index in [-0.39, 0.29) is 11.1 Å². The second-order valence-corrected chi connectivity index (χ2v) is 3.92. The lowest BCUT2D eigenvalue weighted by Crippen LogP contribution is -2.07. The number of halogens is 1. The van der Waals surface area contributed by atoms with Gasteiger partial charge in [0.05, 0.1) is 23.7 Å². The van der Waals surface area contributed by atoms with Crippen LogP contribution in [0.3, 0.4) is 0 Å². The number of esters is 1. The standard InChI is InChI=1S/C12H13FN2O4/c1-14(2)5-4-9-10(12(16)19-3)6-8(15(17)18)7-11(9)13/h4-7H,1-3H3. The van der Waals surface area contributed by atoms with Gasteiger partial charge in [0.2, 0.25) is 0 Å². The van der Waals surface area contributed by atoms with E-state index in [1.807, 2.05) is 0 Å². The van der Waals surface area contributed by atoms with Gasteiger partial charge >= 0.3 is 5.97 Å². The average molecular weight is 268 g/mol. The summed E-state index contributed by atoms with van der Waals surface area (Å²) >= 11 is 0. The number of ether oxygens (including phenoxy) is 1. The normalized spacial score (nSPS) is 10.5. The SMILES string of the molecule is COC(=O)c1cc([N+](=O)[O-])cc(F)c1C=CN(C)C. The van der Waals surface area contributed by atoms with Crippen LogP contribution in [0.4, 0.5) is 10.1 Å². The number of nitro benzene ring substituents is 1. The number of nitrogens with zero attached hydrogens (tertiary/aromatic N) is 2. The zero-order chi connectivity index (χ0) is 14.6. The van der Waals surface area contributed by atoms with Crippen molar-refractivity contribution in [2.24, 2.45) is 0 Å². The van der Waals surface area contributed by atoms with Gasteiger partial charge in [0, 0.05) is 25.7 Å². The zero-order valence-electron chi connectivity index (χ0n) is 10.7. The number of rotatable bonds is 4. The summed E-state index contributed by atoms with van der Waals surface area (Å²) in [6.07, 6.45) is 2.88. The molecule has 0 saturated carbocycles. The van der Waals surface area contributed by atoms with E-state index in [2.05, 4.69) is 4.74 Å². The van der Waals surface area contributed by atoms with Crippen molar-refractivity contribution in [3.63, 3.8) is 0 Å². The van der Waals surface area contributed by atoms with E-state index in [0.717, 1.165) is 19.2 Å². The number of methoxy groups -OCH3 is 1. The molecule has 6 nitrogen and oxygen atoms in total. The van der Waals surface area contributed by atoms with E-state index in [4.69, 9.17) is 0 Å². The van der Waals surface area contributed by atoms with Crippen LogP contribution in [-0.2, 0) is 4.74 Å². The van der Waals surface area contributed by atoms with Gasteiger partial charge < -0.3 is 9.64 Å². The minimum Gasteiger partial charge on any atom is -0.465 e. The number of hydrogen-bond donors (Lipinski definition) is 0. The molecule has 1 rings (SSSR count). The number of nitro groups is 1. The van der Waals surface area contributed by atoms with Crippen LogP contribution in [-0.4, -0.2) is 37.0 Å². The smallest absolute Gasteiger partial charge is 0.338 e. The maximum Gasteiger partial charge on any atom is 0.338 e. The zero-order valence-corrected chi connectivity index (χ0v) is 10.7. The third kappa shape index (κ3) is 3.51. The highest BCUT2D eigenvalue weighted by molar-refractivity contribution is 5.94. The lowest BCUT2D eigenvalue weighted by molar-refractivity contribution is -0.385. The first-order chi connectivity index (χ1) is 8.86. The average Bonchev–Trinajstić information content (AvgIpc) is 2.35. The van der Waals surface area contributed by atoms with Gasteiger partial charge in [0.25, 0.3) is 5.69 Å². The van der Waals surface area contributed by atoms with E-state index in [9.17, 15) is 19.3 Å². The number of benzene rings is 1. The molecule has 0 aliphatic carbocycles. The Labute approximate surface area is 109 Å². The first-order valence-electron chi connectivity index (χ1n) is 5.27. The molecule has 0 unspecified atom stereocenters. The molecular weight excluding hydrogens is 255 g/mol. The third-order valence-electron chi connectivity index (χ3n) is 2.27. The molecule has 1 aromatic rings. The van der Waals surface area contributed by atoms with Crippen molar-refractivity contribution in [1.29, 1.82) is 0 Å². The van der Waals surface area contributed by atoms with Gasteiger partial charge in [0.15, 0.2) is 0 Å². The maximum absolute atomic E-state index is 13.8. The van der Waals surface area contributed by atoms with Crippen LogP contribution in [0.2, 0.25) is 0 Å². The Kier molecular flexibility index (Phi) is 4.57. The van der Waals surface area contributed by atoms with Gasteiger partial charge in [-0.3, -0.25) is 10.1 Å². The predicted octanol–water partition coefficient (Wildman–Crippen LogP) is 2.05. The molecule has 0 amide bonds. The van der Waals surface area contributed by atoms with E-state index in [1.165, 1.54) is 12.3 Å². The highest BCUT2D eigenvalue weighted by Gasteiger charge is 2.20. The summed E-state index contributed by atoms with van der Waals surface area (Å²) < 4.78 is 18.3. The Morgan fingerprint density at radius 1 is 1.47 bits per heavy atom. The van der Waals surface area contributed by atoms with Crippen LogP contribution in [0, 0.1) is 15.9 Å². The molecule has 102 valence electrons. The summed E-state index contributed by atoms with van der Waals surface area (Å²) in [5, 5.41) is 10.7. The second kappa shape index (κ2) is 5.94. The Morgan fingerprint density at radius 2 is 2.11 bits per heavy atom. The molecule has 1 aromatic carbocycles. The molecule has 0 fully saturated rings. The number of carbonyl (C=O) groups excluding carboxylic acids is 1. The van der Waals surface area contributed by atoms with Crippen molar-refractivity contribution >= 4 is 17.7 Å². The van der Waals surface area contributed by atoms with Crippen LogP contribution in [0.1, 0.15) is 15.9 Å². The summed E-state index contributed by atoms with van der Waals surface area (Å²) in [7, 11) is 4.56. The molecule has 0 radical (unpaired) electrons. The molecule has 0 heterocycles. The monoisotopic (exact) mass is 268 g/mol. The molecule has 0 aromatic heterocycles. The van der Waals surface area contributed by atoms with Crippen molar-refractivity contribution in [2.75, 3.05) is 21.2 Å². The summed E-state index contributed by atoms with van der Waals surface area (Å²) in [5.41, 5.74) is -0.738. The Morgan fingerprint density at radius 3 is 2.58 bits per heavy atom. The summed E-state index contributed by atoms with van der Waals surface area (Å²) in [4.78, 5) is 23.1. The minimum absolute atomic E-state index is 0.0499. The van der Waals surface area contributed by atoms with Crippen molar-refractivity contribution in [2.45, 2.75) is 0 Å². The maximum atomic E-state index is 13.8. The number of hydrogen-bond acceptors (Lipinski definition) is 5. The second-order valence-electron chi connectivity index (χ2n) is 3.92. The summed E-state index contributed by atoms with van der Waals surface area (Å²) in [5.74, 6) is -1.69. The fraction of sp³-hybridized carbons (Fsp3) is 0.250. The molecule has 0 saturated heterocycles. The van der Waals surface area contributed by atoms with Gasteiger partial charge in [-0.25, -0.2) is 9.18 Å². The Hall–Kier alpha value is -2.44. The van der Waals surface area contributed by atoms with Crippen molar-refractivity contribution in [3.05, 3.63) is 45.4 Å². The molecule has 0 bridgehead atoms. The molecule has 0 aliphatic rings. The highest BCUT2D eigenvalue weighted by atomic mass is 19.1. The Bertz CT molecular complexity index is 541. The lowest BCUT2D eigenvalue weighted by atomic mass is 10.1. The van der Waals surface area contributed by atoms with E-state index in [1.54, 1.807) is 19.0 Å². The van der Waals surface area contributed by atoms with E-state index < -0.39 is 22.4 Å². The van der Waals surface area contributed by atoms with Gasteiger partial charge in [0.1, 0.15) is 5.82 Å². The quantitative estimate of drug-likeness (QED) is 0.474. The Balaban J connectivity index is 3.43. The van der Waals surface area contributed by atoms with Gasteiger partial charge in [-0.1, -0.05) is 0 Å². The topological polar surface area (TPSA) is 72.7 Å². The van der Waals surface area contributed by atoms with Crippen molar-refractivity contribution in [1.82, 2.24) is 4.90 Å². The van der Waals surface area contributed by atoms with Crippen LogP contribution in [0.15, 0.2) is 18.3 Å². The number of non-ortho nitro benzene ring substituents is 1. The first-order valence-corrected chi connectivity index (χ1v) is 5.27. The summed E-state index contributed by atoms with van der Waals surface area (Å²) in [6.45, 7) is 0. The molecule has 0 aliphatic heterocycles. The highest BCUT2D eigenvalue weighted by Crippen LogP contribution is 2.23. The molecular formula is C12H13FN2O4. The van der Waals surface area contributed by atoms with E-state index >= 15 is 0 Å². The molecule has 0 N–H and O–H groups in total. The fourth-order valence-corrected chi connectivity index (χ4v) is 1.38. The van der Waals surface area contributed by atoms with Crippen LogP contribution >= 0.6 is 0 Å². The van der Waals surface area contributed by atoms with Crippen molar-refractivity contribution < 1.29 is 18.8 Å². The molecule has 19 heavy (non-hydrogen) atoms. The van der Waals surface area contributed by atoms with E-state index in [0.29, 0.717) is 0 Å². The van der Waals surface area contributed by atoms with Gasteiger partial charge in [-0.2, -0.15) is 0 Å². The van der Waals surface area contributed by atoms with Gasteiger partial charge in [-0.15, -0.1) is 0 Å². The first kappa shape index (κ1) is 14.6. The van der Waals surface area contributed by atoms with Crippen LogP contribution < -0.4 is 0 Å². The van der Waals surface area contributed by atoms with Gasteiger partial charge in [-0.05, 0) is 12.3 Å². The summed E-state index contributed by atoms with van der Waals surface area (Å²) in [6, 6.07) is 1.76. The molecule has 7 heteroatoms. The third-order valence-corrected chi connectivity index (χ3v) is 2.27. The minimum atomic E-state index is -0.854.